The molecule has 19 heavy (non-hydrogen) atoms. The number of aryl methyl sites for hydroxylation is 1. The molecule has 6 nitrogen and oxygen atoms in total. The minimum atomic E-state index is 0.0989. The van der Waals surface area contributed by atoms with E-state index >= 15 is 0 Å². The number of nitrogens with zero attached hydrogens (tertiary/aromatic N) is 5. The molecule has 7 heteroatoms. The number of pyridine rings is 2. The zero-order valence-corrected chi connectivity index (χ0v) is 10.8. The van der Waals surface area contributed by atoms with Crippen molar-refractivity contribution in [2.24, 2.45) is 10.2 Å². The van der Waals surface area contributed by atoms with Crippen molar-refractivity contribution in [1.82, 2.24) is 14.3 Å². The second-order valence-corrected chi connectivity index (χ2v) is 4.66. The van der Waals surface area contributed by atoms with Crippen molar-refractivity contribution in [2.75, 3.05) is 0 Å². The molecule has 0 aliphatic carbocycles. The highest BCUT2D eigenvalue weighted by Crippen LogP contribution is 2.31. The largest absolute Gasteiger partial charge is 0.506 e. The average Bonchev–Trinajstić information content (AvgIpc) is 2.80. The third-order valence-corrected chi connectivity index (χ3v) is 3.22. The van der Waals surface area contributed by atoms with Crippen LogP contribution >= 0.6 is 11.5 Å². The summed E-state index contributed by atoms with van der Waals surface area (Å²) in [5.74, 6) is 0.529. The summed E-state index contributed by atoms with van der Waals surface area (Å²) in [7, 11) is 0. The third kappa shape index (κ3) is 2.41. The number of hydrogen-bond acceptors (Lipinski definition) is 7. The lowest BCUT2D eigenvalue weighted by Crippen LogP contribution is -1.78. The van der Waals surface area contributed by atoms with Crippen LogP contribution in [0.2, 0.25) is 0 Å². The van der Waals surface area contributed by atoms with Crippen LogP contribution in [-0.4, -0.2) is 19.4 Å². The number of rotatable bonds is 2. The number of aromatic nitrogens is 3. The smallest absolute Gasteiger partial charge is 0.174 e. The van der Waals surface area contributed by atoms with Gasteiger partial charge in [-0.2, -0.15) is 4.37 Å². The van der Waals surface area contributed by atoms with Crippen molar-refractivity contribution in [2.45, 2.75) is 6.92 Å². The fourth-order valence-electron chi connectivity index (χ4n) is 1.53. The highest BCUT2D eigenvalue weighted by Gasteiger charge is 2.05. The molecule has 0 atom stereocenters. The fourth-order valence-corrected chi connectivity index (χ4v) is 2.20. The van der Waals surface area contributed by atoms with E-state index in [2.05, 4.69) is 24.6 Å². The van der Waals surface area contributed by atoms with Crippen LogP contribution in [0, 0.1) is 6.92 Å². The van der Waals surface area contributed by atoms with Crippen LogP contribution in [0.15, 0.2) is 40.8 Å². The Kier molecular flexibility index (Phi) is 2.88. The normalized spacial score (nSPS) is 11.4. The van der Waals surface area contributed by atoms with E-state index in [1.165, 1.54) is 23.8 Å². The van der Waals surface area contributed by atoms with Crippen molar-refractivity contribution in [1.29, 1.82) is 0 Å². The first-order valence-corrected chi connectivity index (χ1v) is 6.28. The standard InChI is InChI=1S/C12H9N5OS/c1-7-4-10-9(6-13-7)12(19-17-10)16-15-11-3-2-8(18)5-14-11/h2-6,18H,1H3/b16-15+. The van der Waals surface area contributed by atoms with Crippen LogP contribution in [0.4, 0.5) is 10.8 Å². The molecule has 0 unspecified atom stereocenters. The van der Waals surface area contributed by atoms with Crippen molar-refractivity contribution in [3.8, 4) is 5.75 Å². The van der Waals surface area contributed by atoms with Gasteiger partial charge in [-0.1, -0.05) is 0 Å². The molecule has 3 heterocycles. The van der Waals surface area contributed by atoms with Crippen molar-refractivity contribution in [3.63, 3.8) is 0 Å². The minimum Gasteiger partial charge on any atom is -0.506 e. The quantitative estimate of drug-likeness (QED) is 0.723. The van der Waals surface area contributed by atoms with E-state index in [1.807, 2.05) is 13.0 Å². The molecule has 0 fully saturated rings. The maximum absolute atomic E-state index is 9.13. The van der Waals surface area contributed by atoms with Gasteiger partial charge in [-0.3, -0.25) is 4.98 Å². The molecule has 3 aromatic rings. The molecule has 0 bridgehead atoms. The predicted octanol–water partition coefficient (Wildman–Crippen LogP) is 3.52. The van der Waals surface area contributed by atoms with Gasteiger partial charge >= 0.3 is 0 Å². The Morgan fingerprint density at radius 2 is 2.05 bits per heavy atom. The van der Waals surface area contributed by atoms with Gasteiger partial charge in [-0.25, -0.2) is 4.98 Å². The van der Waals surface area contributed by atoms with Gasteiger partial charge in [0.15, 0.2) is 10.8 Å². The topological polar surface area (TPSA) is 83.6 Å². The number of hydrogen-bond donors (Lipinski definition) is 1. The highest BCUT2D eigenvalue weighted by molar-refractivity contribution is 7.11. The minimum absolute atomic E-state index is 0.0989. The monoisotopic (exact) mass is 271 g/mol. The lowest BCUT2D eigenvalue weighted by molar-refractivity contribution is 0.473. The Hall–Kier alpha value is -2.41. The van der Waals surface area contributed by atoms with E-state index in [0.717, 1.165) is 16.6 Å². The number of fused-ring (bicyclic) bond motifs is 1. The number of azo groups is 1. The summed E-state index contributed by atoms with van der Waals surface area (Å²) in [6, 6.07) is 5.01. The van der Waals surface area contributed by atoms with E-state index in [0.29, 0.717) is 10.8 Å². The summed E-state index contributed by atoms with van der Waals surface area (Å²) in [6.07, 6.45) is 3.07. The first-order valence-electron chi connectivity index (χ1n) is 5.51. The Balaban J connectivity index is 1.95. The summed E-state index contributed by atoms with van der Waals surface area (Å²) in [6.45, 7) is 1.92. The van der Waals surface area contributed by atoms with Crippen LogP contribution in [0.25, 0.3) is 10.9 Å². The fraction of sp³-hybridized carbons (Fsp3) is 0.0833. The Bertz CT molecular complexity index is 750. The van der Waals surface area contributed by atoms with Crippen molar-refractivity contribution in [3.05, 3.63) is 36.3 Å². The van der Waals surface area contributed by atoms with E-state index < -0.39 is 0 Å². The summed E-state index contributed by atoms with van der Waals surface area (Å²) in [5.41, 5.74) is 1.78. The molecule has 0 amide bonds. The van der Waals surface area contributed by atoms with E-state index in [-0.39, 0.29) is 5.75 Å². The first kappa shape index (κ1) is 11.7. The lowest BCUT2D eigenvalue weighted by Gasteiger charge is -1.92. The van der Waals surface area contributed by atoms with E-state index in [1.54, 1.807) is 12.3 Å². The van der Waals surface area contributed by atoms with Gasteiger partial charge in [0.05, 0.1) is 17.1 Å². The predicted molar refractivity (Wildman–Crippen MR) is 72.2 cm³/mol. The first-order chi connectivity index (χ1) is 9.22. The van der Waals surface area contributed by atoms with Gasteiger partial charge in [-0.15, -0.1) is 10.2 Å². The molecule has 3 rings (SSSR count). The van der Waals surface area contributed by atoms with Gasteiger partial charge in [0.2, 0.25) is 0 Å². The molecule has 0 saturated carbocycles. The molecule has 0 spiro atoms. The van der Waals surface area contributed by atoms with Crippen LogP contribution in [0.3, 0.4) is 0 Å². The summed E-state index contributed by atoms with van der Waals surface area (Å²) < 4.78 is 4.29. The molecule has 3 aromatic heterocycles. The maximum atomic E-state index is 9.13. The zero-order chi connectivity index (χ0) is 13.2. The van der Waals surface area contributed by atoms with Crippen LogP contribution in [0.5, 0.6) is 5.75 Å². The Morgan fingerprint density at radius 3 is 2.84 bits per heavy atom. The molecular weight excluding hydrogens is 262 g/mol. The van der Waals surface area contributed by atoms with Crippen molar-refractivity contribution < 1.29 is 5.11 Å². The summed E-state index contributed by atoms with van der Waals surface area (Å²) in [4.78, 5) is 8.15. The Labute approximate surface area is 112 Å². The molecule has 0 aliphatic rings. The SMILES string of the molecule is Cc1cc2nsc(/N=N/c3ccc(O)cn3)c2cn1. The summed E-state index contributed by atoms with van der Waals surface area (Å²) >= 11 is 1.27. The van der Waals surface area contributed by atoms with Crippen LogP contribution in [-0.2, 0) is 0 Å². The van der Waals surface area contributed by atoms with E-state index in [9.17, 15) is 0 Å². The van der Waals surface area contributed by atoms with Gasteiger partial charge in [0, 0.05) is 11.9 Å². The van der Waals surface area contributed by atoms with Crippen LogP contribution in [0.1, 0.15) is 5.69 Å². The van der Waals surface area contributed by atoms with Gasteiger partial charge in [0.25, 0.3) is 0 Å². The van der Waals surface area contributed by atoms with Crippen LogP contribution < -0.4 is 0 Å². The second kappa shape index (κ2) is 4.69. The molecule has 1 N–H and O–H groups in total. The van der Waals surface area contributed by atoms with Crippen molar-refractivity contribution >= 4 is 33.3 Å². The molecule has 0 radical (unpaired) electrons. The number of aromatic hydroxyl groups is 1. The molecular formula is C12H9N5OS. The molecule has 0 saturated heterocycles. The van der Waals surface area contributed by atoms with E-state index in [4.69, 9.17) is 5.11 Å². The lowest BCUT2D eigenvalue weighted by atomic mass is 10.3. The highest BCUT2D eigenvalue weighted by atomic mass is 32.1. The maximum Gasteiger partial charge on any atom is 0.174 e. The average molecular weight is 271 g/mol. The third-order valence-electron chi connectivity index (χ3n) is 2.46. The molecule has 94 valence electrons. The molecule has 0 aromatic carbocycles. The zero-order valence-electron chi connectivity index (χ0n) is 9.98. The van der Waals surface area contributed by atoms with Gasteiger partial charge < -0.3 is 5.11 Å². The Morgan fingerprint density at radius 1 is 1.16 bits per heavy atom. The second-order valence-electron chi connectivity index (χ2n) is 3.91. The van der Waals surface area contributed by atoms with Gasteiger partial charge in [-0.05, 0) is 36.7 Å². The summed E-state index contributed by atoms with van der Waals surface area (Å²) in [5, 5.41) is 18.8. The van der Waals surface area contributed by atoms with Gasteiger partial charge in [0.1, 0.15) is 5.75 Å². The molecule has 0 aliphatic heterocycles.